The normalized spacial score (nSPS) is 11.2. The number of carbonyl (C=O) groups excluding carboxylic acids is 1. The molecular formula is C6H9ClO2. The standard InChI is InChI=1S/C6H9ClO2/c1-3-5(4-9-2)6(7)8/h4H,3H2,1-2H3/b5-4+. The van der Waals surface area contributed by atoms with Crippen molar-refractivity contribution in [1.29, 1.82) is 0 Å². The molecule has 0 rings (SSSR count). The molecule has 0 N–H and O–H groups in total. The monoisotopic (exact) mass is 148 g/mol. The van der Waals surface area contributed by atoms with Gasteiger partial charge in [-0.2, -0.15) is 0 Å². The first-order valence-corrected chi connectivity index (χ1v) is 3.01. The molecule has 0 saturated heterocycles. The molecule has 0 aliphatic heterocycles. The fraction of sp³-hybridized carbons (Fsp3) is 0.500. The lowest BCUT2D eigenvalue weighted by atomic mass is 10.2. The highest BCUT2D eigenvalue weighted by atomic mass is 35.5. The smallest absolute Gasteiger partial charge is 0.251 e. The summed E-state index contributed by atoms with van der Waals surface area (Å²) in [4.78, 5) is 10.4. The van der Waals surface area contributed by atoms with E-state index in [1.54, 1.807) is 0 Å². The molecule has 0 unspecified atom stereocenters. The second-order valence-corrected chi connectivity index (χ2v) is 1.85. The Bertz CT molecular complexity index is 129. The van der Waals surface area contributed by atoms with Gasteiger partial charge in [0.2, 0.25) is 0 Å². The van der Waals surface area contributed by atoms with Crippen LogP contribution in [0.1, 0.15) is 13.3 Å². The Hall–Kier alpha value is -0.500. The second-order valence-electron chi connectivity index (χ2n) is 1.51. The molecule has 0 aromatic rings. The van der Waals surface area contributed by atoms with Crippen molar-refractivity contribution in [2.24, 2.45) is 0 Å². The van der Waals surface area contributed by atoms with Gasteiger partial charge in [-0.15, -0.1) is 0 Å². The molecule has 0 atom stereocenters. The quantitative estimate of drug-likeness (QED) is 0.346. The number of methoxy groups -OCH3 is 1. The number of allylic oxidation sites excluding steroid dienone is 1. The van der Waals surface area contributed by atoms with Gasteiger partial charge in [0.1, 0.15) is 0 Å². The molecule has 0 spiro atoms. The maximum absolute atomic E-state index is 10.4. The van der Waals surface area contributed by atoms with Crippen LogP contribution in [0.3, 0.4) is 0 Å². The van der Waals surface area contributed by atoms with Crippen LogP contribution in [-0.4, -0.2) is 12.4 Å². The number of hydrogen-bond acceptors (Lipinski definition) is 2. The van der Waals surface area contributed by atoms with E-state index < -0.39 is 5.24 Å². The summed E-state index contributed by atoms with van der Waals surface area (Å²) in [5.74, 6) is 0. The van der Waals surface area contributed by atoms with Crippen LogP contribution in [0.15, 0.2) is 11.8 Å². The molecule has 9 heavy (non-hydrogen) atoms. The van der Waals surface area contributed by atoms with E-state index in [4.69, 9.17) is 11.6 Å². The molecule has 0 amide bonds. The van der Waals surface area contributed by atoms with Gasteiger partial charge in [-0.3, -0.25) is 4.79 Å². The zero-order valence-electron chi connectivity index (χ0n) is 5.48. The molecule has 0 fully saturated rings. The van der Waals surface area contributed by atoms with E-state index in [0.717, 1.165) is 0 Å². The predicted molar refractivity (Wildman–Crippen MR) is 36.2 cm³/mol. The number of rotatable bonds is 3. The largest absolute Gasteiger partial charge is 0.504 e. The molecule has 0 aliphatic carbocycles. The lowest BCUT2D eigenvalue weighted by Gasteiger charge is -1.94. The van der Waals surface area contributed by atoms with Crippen molar-refractivity contribution in [3.8, 4) is 0 Å². The Kier molecular flexibility index (Phi) is 4.14. The zero-order chi connectivity index (χ0) is 7.28. The van der Waals surface area contributed by atoms with Crippen molar-refractivity contribution in [3.05, 3.63) is 11.8 Å². The van der Waals surface area contributed by atoms with Gasteiger partial charge in [0, 0.05) is 5.57 Å². The molecule has 52 valence electrons. The fourth-order valence-corrected chi connectivity index (χ4v) is 0.589. The minimum Gasteiger partial charge on any atom is -0.504 e. The van der Waals surface area contributed by atoms with Gasteiger partial charge in [-0.1, -0.05) is 6.92 Å². The SMILES string of the molecule is CC/C(=C\OC)C(=O)Cl. The van der Waals surface area contributed by atoms with Crippen molar-refractivity contribution >= 4 is 16.8 Å². The molecule has 0 saturated carbocycles. The summed E-state index contributed by atoms with van der Waals surface area (Å²) < 4.78 is 4.59. The zero-order valence-corrected chi connectivity index (χ0v) is 6.23. The number of halogens is 1. The summed E-state index contributed by atoms with van der Waals surface area (Å²) in [5, 5.41) is -0.445. The van der Waals surface area contributed by atoms with Gasteiger partial charge in [0.25, 0.3) is 5.24 Å². The van der Waals surface area contributed by atoms with Gasteiger partial charge in [0.05, 0.1) is 13.4 Å². The summed E-state index contributed by atoms with van der Waals surface area (Å²) in [6.45, 7) is 1.84. The summed E-state index contributed by atoms with van der Waals surface area (Å²) in [6.07, 6.45) is 1.96. The Morgan fingerprint density at radius 1 is 1.78 bits per heavy atom. The van der Waals surface area contributed by atoms with Crippen LogP contribution in [0.25, 0.3) is 0 Å². The molecule has 0 bridgehead atoms. The van der Waals surface area contributed by atoms with Crippen LogP contribution in [0.2, 0.25) is 0 Å². The van der Waals surface area contributed by atoms with Gasteiger partial charge < -0.3 is 4.74 Å². The molecule has 0 radical (unpaired) electrons. The van der Waals surface area contributed by atoms with Gasteiger partial charge in [0.15, 0.2) is 0 Å². The minimum atomic E-state index is -0.445. The van der Waals surface area contributed by atoms with Crippen LogP contribution in [0.4, 0.5) is 0 Å². The summed E-state index contributed by atoms with van der Waals surface area (Å²) in [7, 11) is 1.48. The van der Waals surface area contributed by atoms with E-state index in [0.29, 0.717) is 12.0 Å². The third-order valence-corrected chi connectivity index (χ3v) is 1.14. The van der Waals surface area contributed by atoms with Crippen LogP contribution in [0, 0.1) is 0 Å². The molecule has 0 aliphatic rings. The highest BCUT2D eigenvalue weighted by Gasteiger charge is 2.01. The molecule has 0 aromatic carbocycles. The van der Waals surface area contributed by atoms with E-state index >= 15 is 0 Å². The summed E-state index contributed by atoms with van der Waals surface area (Å²) in [6, 6.07) is 0. The number of carbonyl (C=O) groups is 1. The summed E-state index contributed by atoms with van der Waals surface area (Å²) >= 11 is 5.14. The van der Waals surface area contributed by atoms with Gasteiger partial charge >= 0.3 is 0 Å². The average molecular weight is 149 g/mol. The maximum atomic E-state index is 10.4. The summed E-state index contributed by atoms with van der Waals surface area (Å²) in [5.41, 5.74) is 0.499. The Morgan fingerprint density at radius 3 is 2.44 bits per heavy atom. The Morgan fingerprint density at radius 2 is 2.33 bits per heavy atom. The molecule has 0 aromatic heterocycles. The lowest BCUT2D eigenvalue weighted by molar-refractivity contribution is -0.108. The van der Waals surface area contributed by atoms with E-state index in [1.807, 2.05) is 6.92 Å². The lowest BCUT2D eigenvalue weighted by Crippen LogP contribution is -1.91. The number of hydrogen-bond donors (Lipinski definition) is 0. The van der Waals surface area contributed by atoms with E-state index in [1.165, 1.54) is 13.4 Å². The number of ether oxygens (including phenoxy) is 1. The van der Waals surface area contributed by atoms with Crippen LogP contribution in [-0.2, 0) is 9.53 Å². The maximum Gasteiger partial charge on any atom is 0.251 e. The van der Waals surface area contributed by atoms with Crippen LogP contribution < -0.4 is 0 Å². The Balaban J connectivity index is 3.98. The predicted octanol–water partition coefficient (Wildman–Crippen LogP) is 1.69. The van der Waals surface area contributed by atoms with Crippen molar-refractivity contribution in [1.82, 2.24) is 0 Å². The van der Waals surface area contributed by atoms with Crippen LogP contribution in [0.5, 0.6) is 0 Å². The molecule has 2 nitrogen and oxygen atoms in total. The first-order valence-electron chi connectivity index (χ1n) is 2.64. The highest BCUT2D eigenvalue weighted by molar-refractivity contribution is 6.67. The first-order chi connectivity index (χ1) is 4.22. The van der Waals surface area contributed by atoms with Gasteiger partial charge in [-0.25, -0.2) is 0 Å². The van der Waals surface area contributed by atoms with E-state index in [-0.39, 0.29) is 0 Å². The first kappa shape index (κ1) is 8.50. The van der Waals surface area contributed by atoms with Crippen molar-refractivity contribution in [2.45, 2.75) is 13.3 Å². The van der Waals surface area contributed by atoms with Crippen molar-refractivity contribution < 1.29 is 9.53 Å². The highest BCUT2D eigenvalue weighted by Crippen LogP contribution is 2.04. The average Bonchev–Trinajstić information content (AvgIpc) is 1.82. The second kappa shape index (κ2) is 4.39. The van der Waals surface area contributed by atoms with E-state index in [9.17, 15) is 4.79 Å². The van der Waals surface area contributed by atoms with Crippen LogP contribution >= 0.6 is 11.6 Å². The van der Waals surface area contributed by atoms with E-state index in [2.05, 4.69) is 4.74 Å². The Labute approximate surface area is 59.5 Å². The molecular weight excluding hydrogens is 140 g/mol. The van der Waals surface area contributed by atoms with Crippen molar-refractivity contribution in [3.63, 3.8) is 0 Å². The molecule has 3 heteroatoms. The van der Waals surface area contributed by atoms with Gasteiger partial charge in [-0.05, 0) is 18.0 Å². The van der Waals surface area contributed by atoms with Crippen molar-refractivity contribution in [2.75, 3.05) is 7.11 Å². The third-order valence-electron chi connectivity index (χ3n) is 0.893. The third kappa shape index (κ3) is 3.14. The fourth-order valence-electron chi connectivity index (χ4n) is 0.411. The topological polar surface area (TPSA) is 26.3 Å². The molecule has 0 heterocycles. The minimum absolute atomic E-state index is 0.445.